The van der Waals surface area contributed by atoms with Crippen LogP contribution in [-0.4, -0.2) is 37.5 Å². The summed E-state index contributed by atoms with van der Waals surface area (Å²) in [5, 5.41) is 3.09. The van der Waals surface area contributed by atoms with E-state index in [1.165, 1.54) is 12.3 Å². The summed E-state index contributed by atoms with van der Waals surface area (Å²) in [6.45, 7) is 6.74. The van der Waals surface area contributed by atoms with Gasteiger partial charge in [0.05, 0.1) is 4.90 Å². The highest BCUT2D eigenvalue weighted by Gasteiger charge is 2.17. The van der Waals surface area contributed by atoms with Crippen LogP contribution in [0.25, 0.3) is 0 Å². The second kappa shape index (κ2) is 8.49. The summed E-state index contributed by atoms with van der Waals surface area (Å²) in [5.74, 6) is 2.33. The third kappa shape index (κ3) is 5.68. The summed E-state index contributed by atoms with van der Waals surface area (Å²) in [4.78, 5) is 4.36. The third-order valence-electron chi connectivity index (χ3n) is 2.53. The van der Waals surface area contributed by atoms with Gasteiger partial charge in [-0.3, -0.25) is 0 Å². The molecule has 2 N–H and O–H groups in total. The SMILES string of the molecule is CCCNc1cc(S(=O)(=O)NC(C)CSCC)ccn1. The van der Waals surface area contributed by atoms with Gasteiger partial charge in [0.1, 0.15) is 5.82 Å². The number of hydrogen-bond donors (Lipinski definition) is 2. The monoisotopic (exact) mass is 317 g/mol. The van der Waals surface area contributed by atoms with E-state index < -0.39 is 10.0 Å². The molecule has 0 saturated carbocycles. The van der Waals surface area contributed by atoms with Crippen molar-refractivity contribution in [3.8, 4) is 0 Å². The predicted molar refractivity (Wildman–Crippen MR) is 85.8 cm³/mol. The first-order valence-corrected chi connectivity index (χ1v) is 9.43. The minimum atomic E-state index is -3.48. The van der Waals surface area contributed by atoms with Crippen molar-refractivity contribution in [2.75, 3.05) is 23.4 Å². The second-order valence-electron chi connectivity index (χ2n) is 4.49. The number of thioether (sulfide) groups is 1. The number of anilines is 1. The largest absolute Gasteiger partial charge is 0.370 e. The number of nitrogens with one attached hydrogen (secondary N) is 2. The van der Waals surface area contributed by atoms with Gasteiger partial charge >= 0.3 is 0 Å². The molecule has 0 fully saturated rings. The summed E-state index contributed by atoms with van der Waals surface area (Å²) in [6, 6.07) is 2.99. The molecule has 0 amide bonds. The number of hydrogen-bond acceptors (Lipinski definition) is 5. The van der Waals surface area contributed by atoms with Gasteiger partial charge in [0.25, 0.3) is 0 Å². The lowest BCUT2D eigenvalue weighted by atomic mass is 10.4. The van der Waals surface area contributed by atoms with Crippen molar-refractivity contribution < 1.29 is 8.42 Å². The smallest absolute Gasteiger partial charge is 0.241 e. The number of nitrogens with zero attached hydrogens (tertiary/aromatic N) is 1. The molecule has 0 aliphatic heterocycles. The van der Waals surface area contributed by atoms with Crippen LogP contribution in [-0.2, 0) is 10.0 Å². The lowest BCUT2D eigenvalue weighted by molar-refractivity contribution is 0.571. The van der Waals surface area contributed by atoms with E-state index in [-0.39, 0.29) is 10.9 Å². The van der Waals surface area contributed by atoms with Crippen molar-refractivity contribution in [2.24, 2.45) is 0 Å². The number of aromatic nitrogens is 1. The van der Waals surface area contributed by atoms with Gasteiger partial charge in [0.15, 0.2) is 0 Å². The van der Waals surface area contributed by atoms with Crippen LogP contribution in [0.2, 0.25) is 0 Å². The van der Waals surface area contributed by atoms with Crippen LogP contribution in [0, 0.1) is 0 Å². The number of pyridine rings is 1. The molecule has 114 valence electrons. The molecule has 5 nitrogen and oxygen atoms in total. The molecule has 7 heteroatoms. The topological polar surface area (TPSA) is 71.1 Å². The normalized spacial score (nSPS) is 13.2. The Kier molecular flexibility index (Phi) is 7.32. The molecular weight excluding hydrogens is 294 g/mol. The molecule has 1 aromatic rings. The van der Waals surface area contributed by atoms with E-state index in [1.54, 1.807) is 17.8 Å². The molecule has 0 saturated heterocycles. The van der Waals surface area contributed by atoms with Crippen LogP contribution in [0.3, 0.4) is 0 Å². The number of rotatable bonds is 9. The summed E-state index contributed by atoms with van der Waals surface area (Å²) in [5.41, 5.74) is 0. The average Bonchev–Trinajstić information content (AvgIpc) is 2.42. The Bertz CT molecular complexity index is 506. The van der Waals surface area contributed by atoms with Gasteiger partial charge in [0.2, 0.25) is 10.0 Å². The van der Waals surface area contributed by atoms with E-state index in [0.717, 1.165) is 24.5 Å². The van der Waals surface area contributed by atoms with Crippen LogP contribution in [0.1, 0.15) is 27.2 Å². The van der Waals surface area contributed by atoms with Crippen molar-refractivity contribution in [3.05, 3.63) is 18.3 Å². The average molecular weight is 317 g/mol. The Labute approximate surface area is 126 Å². The van der Waals surface area contributed by atoms with Crippen molar-refractivity contribution in [1.29, 1.82) is 0 Å². The molecule has 0 bridgehead atoms. The van der Waals surface area contributed by atoms with E-state index in [9.17, 15) is 8.42 Å². The zero-order valence-electron chi connectivity index (χ0n) is 12.2. The van der Waals surface area contributed by atoms with E-state index in [4.69, 9.17) is 0 Å². The highest BCUT2D eigenvalue weighted by molar-refractivity contribution is 7.99. The highest BCUT2D eigenvalue weighted by Crippen LogP contribution is 2.14. The molecule has 1 unspecified atom stereocenters. The Morgan fingerprint density at radius 2 is 2.15 bits per heavy atom. The van der Waals surface area contributed by atoms with Crippen molar-refractivity contribution >= 4 is 27.6 Å². The van der Waals surface area contributed by atoms with Crippen LogP contribution >= 0.6 is 11.8 Å². The summed E-state index contributed by atoms with van der Waals surface area (Å²) in [6.07, 6.45) is 2.47. The fourth-order valence-electron chi connectivity index (χ4n) is 1.59. The molecule has 0 aliphatic carbocycles. The summed E-state index contributed by atoms with van der Waals surface area (Å²) in [7, 11) is -3.48. The summed E-state index contributed by atoms with van der Waals surface area (Å²) < 4.78 is 27.2. The zero-order valence-corrected chi connectivity index (χ0v) is 13.9. The highest BCUT2D eigenvalue weighted by atomic mass is 32.2. The lowest BCUT2D eigenvalue weighted by Crippen LogP contribution is -2.34. The van der Waals surface area contributed by atoms with Crippen molar-refractivity contribution in [3.63, 3.8) is 0 Å². The van der Waals surface area contributed by atoms with Gasteiger partial charge in [-0.1, -0.05) is 13.8 Å². The predicted octanol–water partition coefficient (Wildman–Crippen LogP) is 2.32. The first kappa shape index (κ1) is 17.3. The molecule has 0 aliphatic rings. The minimum absolute atomic E-state index is 0.0924. The zero-order chi connectivity index (χ0) is 15.0. The van der Waals surface area contributed by atoms with E-state index in [0.29, 0.717) is 5.82 Å². The molecular formula is C13H23N3O2S2. The maximum Gasteiger partial charge on any atom is 0.241 e. The van der Waals surface area contributed by atoms with Gasteiger partial charge in [-0.2, -0.15) is 11.8 Å². The molecule has 20 heavy (non-hydrogen) atoms. The third-order valence-corrected chi connectivity index (χ3v) is 5.26. The van der Waals surface area contributed by atoms with Gasteiger partial charge in [-0.15, -0.1) is 0 Å². The van der Waals surface area contributed by atoms with Gasteiger partial charge < -0.3 is 5.32 Å². The fourth-order valence-corrected chi connectivity index (χ4v) is 3.62. The number of sulfonamides is 1. The quantitative estimate of drug-likeness (QED) is 0.731. The van der Waals surface area contributed by atoms with Gasteiger partial charge in [-0.25, -0.2) is 18.1 Å². The Balaban J connectivity index is 2.76. The minimum Gasteiger partial charge on any atom is -0.370 e. The second-order valence-corrected chi connectivity index (χ2v) is 7.52. The lowest BCUT2D eigenvalue weighted by Gasteiger charge is -2.14. The molecule has 1 atom stereocenters. The first-order chi connectivity index (χ1) is 9.49. The Hall–Kier alpha value is -0.790. The Morgan fingerprint density at radius 1 is 1.40 bits per heavy atom. The molecule has 1 rings (SSSR count). The van der Waals surface area contributed by atoms with E-state index >= 15 is 0 Å². The molecule has 0 aromatic carbocycles. The van der Waals surface area contributed by atoms with Crippen LogP contribution in [0.5, 0.6) is 0 Å². The summed E-state index contributed by atoms with van der Waals surface area (Å²) >= 11 is 1.71. The van der Waals surface area contributed by atoms with Gasteiger partial charge in [0, 0.05) is 30.6 Å². The van der Waals surface area contributed by atoms with Crippen molar-refractivity contribution in [2.45, 2.75) is 38.1 Å². The van der Waals surface area contributed by atoms with Crippen LogP contribution < -0.4 is 10.0 Å². The van der Waals surface area contributed by atoms with E-state index in [2.05, 4.69) is 21.9 Å². The molecule has 0 radical (unpaired) electrons. The molecule has 1 aromatic heterocycles. The molecule has 1 heterocycles. The maximum atomic E-state index is 12.3. The van der Waals surface area contributed by atoms with Crippen molar-refractivity contribution in [1.82, 2.24) is 9.71 Å². The molecule has 0 spiro atoms. The standard InChI is InChI=1S/C13H23N3O2S2/c1-4-7-14-13-9-12(6-8-15-13)20(17,18)16-11(3)10-19-5-2/h6,8-9,11,16H,4-5,7,10H2,1-3H3,(H,14,15). The van der Waals surface area contributed by atoms with E-state index in [1.807, 2.05) is 13.8 Å². The Morgan fingerprint density at radius 3 is 2.80 bits per heavy atom. The fraction of sp³-hybridized carbons (Fsp3) is 0.615. The first-order valence-electron chi connectivity index (χ1n) is 6.79. The van der Waals surface area contributed by atoms with Crippen LogP contribution in [0.4, 0.5) is 5.82 Å². The maximum absolute atomic E-state index is 12.3. The van der Waals surface area contributed by atoms with Crippen LogP contribution in [0.15, 0.2) is 23.2 Å². The van der Waals surface area contributed by atoms with Gasteiger partial charge in [-0.05, 0) is 25.2 Å².